The summed E-state index contributed by atoms with van der Waals surface area (Å²) in [6, 6.07) is 5.17. The van der Waals surface area contributed by atoms with Crippen molar-refractivity contribution in [3.8, 4) is 5.88 Å². The molecule has 0 fully saturated rings. The number of ether oxygens (including phenoxy) is 1. The maximum atomic E-state index is 11.0. The number of rotatable bonds is 5. The topological polar surface area (TPSA) is 90.2 Å². The molecule has 1 N–H and O–H groups in total. The SMILES string of the molecule is COc1cc(CNc2nccc(C)c2[N+](=O)[O-])ccn1. The summed E-state index contributed by atoms with van der Waals surface area (Å²) in [6.07, 6.45) is 3.16. The van der Waals surface area contributed by atoms with Gasteiger partial charge in [-0.15, -0.1) is 0 Å². The minimum atomic E-state index is -0.433. The lowest BCUT2D eigenvalue weighted by Crippen LogP contribution is -2.06. The van der Waals surface area contributed by atoms with Gasteiger partial charge in [-0.25, -0.2) is 9.97 Å². The van der Waals surface area contributed by atoms with E-state index in [-0.39, 0.29) is 11.5 Å². The molecule has 2 heterocycles. The quantitative estimate of drug-likeness (QED) is 0.664. The van der Waals surface area contributed by atoms with Crippen molar-refractivity contribution in [2.24, 2.45) is 0 Å². The highest BCUT2D eigenvalue weighted by Crippen LogP contribution is 2.25. The van der Waals surface area contributed by atoms with Crippen LogP contribution in [0.25, 0.3) is 0 Å². The molecule has 2 aromatic heterocycles. The predicted octanol–water partition coefficient (Wildman–Crippen LogP) is 2.31. The van der Waals surface area contributed by atoms with E-state index in [1.165, 1.54) is 13.3 Å². The second kappa shape index (κ2) is 5.96. The van der Waals surface area contributed by atoms with E-state index in [9.17, 15) is 10.1 Å². The molecule has 0 amide bonds. The molecule has 0 aliphatic heterocycles. The van der Waals surface area contributed by atoms with Crippen LogP contribution in [-0.2, 0) is 6.54 Å². The molecule has 0 saturated carbocycles. The minimum absolute atomic E-state index is 0.00600. The van der Waals surface area contributed by atoms with Gasteiger partial charge in [-0.1, -0.05) is 0 Å². The molecule has 7 nitrogen and oxygen atoms in total. The third kappa shape index (κ3) is 3.00. The minimum Gasteiger partial charge on any atom is -0.481 e. The fourth-order valence-corrected chi connectivity index (χ4v) is 1.77. The molecule has 7 heteroatoms. The van der Waals surface area contributed by atoms with Gasteiger partial charge in [0.2, 0.25) is 11.7 Å². The van der Waals surface area contributed by atoms with Gasteiger partial charge in [0.05, 0.1) is 12.0 Å². The van der Waals surface area contributed by atoms with E-state index in [4.69, 9.17) is 4.74 Å². The summed E-state index contributed by atoms with van der Waals surface area (Å²) in [5.41, 5.74) is 1.46. The maximum Gasteiger partial charge on any atom is 0.314 e. The summed E-state index contributed by atoms with van der Waals surface area (Å²) in [6.45, 7) is 2.08. The Balaban J connectivity index is 2.18. The van der Waals surface area contributed by atoms with Gasteiger partial charge in [0, 0.05) is 30.6 Å². The zero-order valence-electron chi connectivity index (χ0n) is 11.2. The molecule has 20 heavy (non-hydrogen) atoms. The summed E-state index contributed by atoms with van der Waals surface area (Å²) in [4.78, 5) is 18.6. The highest BCUT2D eigenvalue weighted by Gasteiger charge is 2.17. The lowest BCUT2D eigenvalue weighted by Gasteiger charge is -2.08. The van der Waals surface area contributed by atoms with Crippen molar-refractivity contribution in [3.63, 3.8) is 0 Å². The number of hydrogen-bond donors (Lipinski definition) is 1. The predicted molar refractivity (Wildman–Crippen MR) is 73.7 cm³/mol. The van der Waals surface area contributed by atoms with Crippen LogP contribution in [0.2, 0.25) is 0 Å². The lowest BCUT2D eigenvalue weighted by molar-refractivity contribution is -0.384. The molecule has 0 aromatic carbocycles. The van der Waals surface area contributed by atoms with Crippen LogP contribution >= 0.6 is 0 Å². The molecule has 0 unspecified atom stereocenters. The number of methoxy groups -OCH3 is 1. The number of pyridine rings is 2. The highest BCUT2D eigenvalue weighted by atomic mass is 16.6. The van der Waals surface area contributed by atoms with Gasteiger partial charge in [0.25, 0.3) is 0 Å². The van der Waals surface area contributed by atoms with Crippen molar-refractivity contribution < 1.29 is 9.66 Å². The Hall–Kier alpha value is -2.70. The van der Waals surface area contributed by atoms with Gasteiger partial charge in [-0.05, 0) is 24.6 Å². The first-order valence-corrected chi connectivity index (χ1v) is 5.94. The summed E-state index contributed by atoms with van der Waals surface area (Å²) < 4.78 is 5.03. The fourth-order valence-electron chi connectivity index (χ4n) is 1.77. The van der Waals surface area contributed by atoms with Gasteiger partial charge in [0.1, 0.15) is 0 Å². The molecule has 2 aromatic rings. The Morgan fingerprint density at radius 2 is 2.10 bits per heavy atom. The third-order valence-corrected chi connectivity index (χ3v) is 2.78. The summed E-state index contributed by atoms with van der Waals surface area (Å²) in [7, 11) is 1.53. The van der Waals surface area contributed by atoms with Crippen molar-refractivity contribution in [1.82, 2.24) is 9.97 Å². The molecule has 0 saturated heterocycles. The lowest BCUT2D eigenvalue weighted by atomic mass is 10.2. The number of anilines is 1. The van der Waals surface area contributed by atoms with Crippen molar-refractivity contribution in [3.05, 3.63) is 51.8 Å². The molecular weight excluding hydrogens is 260 g/mol. The number of nitro groups is 1. The van der Waals surface area contributed by atoms with Crippen LogP contribution in [0.15, 0.2) is 30.6 Å². The van der Waals surface area contributed by atoms with Crippen LogP contribution < -0.4 is 10.1 Å². The van der Waals surface area contributed by atoms with Gasteiger partial charge < -0.3 is 10.1 Å². The van der Waals surface area contributed by atoms with E-state index < -0.39 is 4.92 Å². The standard InChI is InChI=1S/C13H14N4O3/c1-9-3-5-15-13(12(9)17(18)19)16-8-10-4-6-14-11(7-10)20-2/h3-7H,8H2,1-2H3,(H,15,16). The Kier molecular flexibility index (Phi) is 4.09. The Morgan fingerprint density at radius 3 is 2.80 bits per heavy atom. The summed E-state index contributed by atoms with van der Waals surface area (Å²) in [5, 5.41) is 14.0. The van der Waals surface area contributed by atoms with Crippen LogP contribution in [0, 0.1) is 17.0 Å². The first-order chi connectivity index (χ1) is 9.61. The fraction of sp³-hybridized carbons (Fsp3) is 0.231. The van der Waals surface area contributed by atoms with Crippen molar-refractivity contribution >= 4 is 11.5 Å². The first-order valence-electron chi connectivity index (χ1n) is 5.94. The zero-order chi connectivity index (χ0) is 14.5. The van der Waals surface area contributed by atoms with Crippen LogP contribution in [0.5, 0.6) is 5.88 Å². The second-order valence-electron chi connectivity index (χ2n) is 4.14. The van der Waals surface area contributed by atoms with Crippen molar-refractivity contribution in [1.29, 1.82) is 0 Å². The van der Waals surface area contributed by atoms with Crippen LogP contribution in [0.1, 0.15) is 11.1 Å². The Bertz CT molecular complexity index is 631. The van der Waals surface area contributed by atoms with E-state index in [0.29, 0.717) is 18.0 Å². The van der Waals surface area contributed by atoms with Gasteiger partial charge in [-0.3, -0.25) is 10.1 Å². The third-order valence-electron chi connectivity index (χ3n) is 2.78. The monoisotopic (exact) mass is 274 g/mol. The van der Waals surface area contributed by atoms with Crippen LogP contribution in [-0.4, -0.2) is 22.0 Å². The molecule has 104 valence electrons. The molecule has 0 spiro atoms. The number of hydrogen-bond acceptors (Lipinski definition) is 6. The maximum absolute atomic E-state index is 11.0. The Morgan fingerprint density at radius 1 is 1.35 bits per heavy atom. The second-order valence-corrected chi connectivity index (χ2v) is 4.14. The first kappa shape index (κ1) is 13.7. The molecule has 0 aliphatic rings. The van der Waals surface area contributed by atoms with Crippen LogP contribution in [0.4, 0.5) is 11.5 Å². The van der Waals surface area contributed by atoms with Crippen molar-refractivity contribution in [2.75, 3.05) is 12.4 Å². The van der Waals surface area contributed by atoms with E-state index in [0.717, 1.165) is 5.56 Å². The van der Waals surface area contributed by atoms with Crippen molar-refractivity contribution in [2.45, 2.75) is 13.5 Å². The molecule has 2 rings (SSSR count). The number of nitrogens with zero attached hydrogens (tertiary/aromatic N) is 3. The normalized spacial score (nSPS) is 10.1. The van der Waals surface area contributed by atoms with Gasteiger partial charge in [-0.2, -0.15) is 0 Å². The largest absolute Gasteiger partial charge is 0.481 e. The molecule has 0 radical (unpaired) electrons. The average Bonchev–Trinajstić information content (AvgIpc) is 2.45. The highest BCUT2D eigenvalue weighted by molar-refractivity contribution is 5.59. The smallest absolute Gasteiger partial charge is 0.314 e. The molecule has 0 aliphatic carbocycles. The molecule has 0 bridgehead atoms. The summed E-state index contributed by atoms with van der Waals surface area (Å²) >= 11 is 0. The zero-order valence-corrected chi connectivity index (χ0v) is 11.2. The average molecular weight is 274 g/mol. The summed E-state index contributed by atoms with van der Waals surface area (Å²) in [5.74, 6) is 0.752. The van der Waals surface area contributed by atoms with Crippen LogP contribution in [0.3, 0.4) is 0 Å². The van der Waals surface area contributed by atoms with E-state index in [2.05, 4.69) is 15.3 Å². The van der Waals surface area contributed by atoms with Gasteiger partial charge >= 0.3 is 5.69 Å². The van der Waals surface area contributed by atoms with E-state index in [1.54, 1.807) is 31.3 Å². The molecule has 0 atom stereocenters. The number of nitrogens with one attached hydrogen (secondary N) is 1. The Labute approximate surface area is 115 Å². The molecular formula is C13H14N4O3. The number of aryl methyl sites for hydroxylation is 1. The van der Waals surface area contributed by atoms with Gasteiger partial charge in [0.15, 0.2) is 0 Å². The number of aromatic nitrogens is 2. The van der Waals surface area contributed by atoms with E-state index in [1.807, 2.05) is 0 Å². The van der Waals surface area contributed by atoms with E-state index >= 15 is 0 Å².